The Morgan fingerprint density at radius 3 is 2.37 bits per heavy atom. The van der Waals surface area contributed by atoms with Gasteiger partial charge in [-0.3, -0.25) is 14.5 Å². The minimum absolute atomic E-state index is 0.0455. The number of likely N-dealkylation sites (tertiary alicyclic amines) is 1. The number of sulfonamides is 1. The van der Waals surface area contributed by atoms with Crippen molar-refractivity contribution >= 4 is 27.5 Å². The molecule has 10 nitrogen and oxygen atoms in total. The maximum absolute atomic E-state index is 13.4. The molecule has 0 unspecified atom stereocenters. The third kappa shape index (κ3) is 6.18. The van der Waals surface area contributed by atoms with Gasteiger partial charge in [0, 0.05) is 44.8 Å². The number of carbonyl (C=O) groups is 2. The van der Waals surface area contributed by atoms with Gasteiger partial charge in [-0.2, -0.15) is 4.31 Å². The quantitative estimate of drug-likeness (QED) is 0.272. The number of morpholine rings is 1. The summed E-state index contributed by atoms with van der Waals surface area (Å²) in [7, 11) is -2.21. The Kier molecular flexibility index (Phi) is 9.08. The van der Waals surface area contributed by atoms with Crippen LogP contribution in [0.15, 0.2) is 59.0 Å². The average Bonchev–Trinajstić information content (AvgIpc) is 3.27. The number of rotatable bonds is 9. The first-order valence-electron chi connectivity index (χ1n) is 14.1. The largest absolute Gasteiger partial charge is 0.507 e. The summed E-state index contributed by atoms with van der Waals surface area (Å²) < 4.78 is 38.8. The van der Waals surface area contributed by atoms with Crippen molar-refractivity contribution in [3.8, 4) is 5.75 Å². The van der Waals surface area contributed by atoms with E-state index in [0.29, 0.717) is 50.6 Å². The molecule has 0 bridgehead atoms. The van der Waals surface area contributed by atoms with E-state index >= 15 is 0 Å². The van der Waals surface area contributed by atoms with E-state index in [-0.39, 0.29) is 16.0 Å². The standard InChI is InChI=1S/C30H37N3O7S/c1-39-24-11-9-22(10-12-24)27-26(29(35)30(36)33(27)16-6-13-31-17-19-40-20-18-31)28(34)23-7-5-8-25(21-23)41(37,38)32-14-3-2-4-15-32/h5,7-12,21,27,34H,2-4,6,13-20H2,1H3/t27-/m0/s1. The van der Waals surface area contributed by atoms with Gasteiger partial charge < -0.3 is 19.5 Å². The number of ketones is 1. The Balaban J connectivity index is 1.49. The average molecular weight is 584 g/mol. The van der Waals surface area contributed by atoms with Gasteiger partial charge in [0.15, 0.2) is 0 Å². The predicted octanol–water partition coefficient (Wildman–Crippen LogP) is 3.01. The van der Waals surface area contributed by atoms with Crippen molar-refractivity contribution in [2.24, 2.45) is 0 Å². The maximum Gasteiger partial charge on any atom is 0.295 e. The first kappa shape index (κ1) is 29.2. The predicted molar refractivity (Wildman–Crippen MR) is 153 cm³/mol. The number of aliphatic hydroxyl groups is 1. The second-order valence-electron chi connectivity index (χ2n) is 10.6. The molecule has 0 aromatic heterocycles. The lowest BCUT2D eigenvalue weighted by Crippen LogP contribution is -2.38. The molecule has 2 aromatic carbocycles. The zero-order chi connectivity index (χ0) is 29.0. The highest BCUT2D eigenvalue weighted by molar-refractivity contribution is 7.89. The highest BCUT2D eigenvalue weighted by Crippen LogP contribution is 2.40. The van der Waals surface area contributed by atoms with E-state index in [9.17, 15) is 23.1 Å². The molecule has 3 heterocycles. The molecule has 5 rings (SSSR count). The SMILES string of the molecule is COc1ccc([C@H]2C(=C(O)c3cccc(S(=O)(=O)N4CCCCC4)c3)C(=O)C(=O)N2CCCN2CCOCC2)cc1. The van der Waals surface area contributed by atoms with Crippen LogP contribution in [0.3, 0.4) is 0 Å². The second kappa shape index (κ2) is 12.7. The third-order valence-corrected chi connectivity index (χ3v) is 9.90. The molecule has 3 aliphatic heterocycles. The van der Waals surface area contributed by atoms with Gasteiger partial charge in [-0.15, -0.1) is 0 Å². The summed E-state index contributed by atoms with van der Waals surface area (Å²) >= 11 is 0. The van der Waals surface area contributed by atoms with Crippen molar-refractivity contribution < 1.29 is 32.6 Å². The maximum atomic E-state index is 13.4. The van der Waals surface area contributed by atoms with Crippen LogP contribution < -0.4 is 4.74 Å². The monoisotopic (exact) mass is 583 g/mol. The van der Waals surface area contributed by atoms with E-state index in [4.69, 9.17) is 9.47 Å². The molecule has 3 fully saturated rings. The Bertz CT molecular complexity index is 1400. The molecule has 1 amide bonds. The van der Waals surface area contributed by atoms with Gasteiger partial charge in [-0.25, -0.2) is 8.42 Å². The van der Waals surface area contributed by atoms with Crippen molar-refractivity contribution in [2.45, 2.75) is 36.6 Å². The highest BCUT2D eigenvalue weighted by atomic mass is 32.2. The lowest BCUT2D eigenvalue weighted by Gasteiger charge is -2.29. The Hall–Kier alpha value is -3.25. The summed E-state index contributed by atoms with van der Waals surface area (Å²) in [6, 6.07) is 12.2. The first-order valence-corrected chi connectivity index (χ1v) is 15.6. The smallest absolute Gasteiger partial charge is 0.295 e. The Labute approximate surface area is 241 Å². The van der Waals surface area contributed by atoms with Crippen LogP contribution in [0, 0.1) is 0 Å². The molecule has 3 aliphatic rings. The molecule has 1 N–H and O–H groups in total. The van der Waals surface area contributed by atoms with E-state index in [1.165, 1.54) is 21.3 Å². The molecule has 2 aromatic rings. The van der Waals surface area contributed by atoms with E-state index in [0.717, 1.165) is 38.9 Å². The molecule has 41 heavy (non-hydrogen) atoms. The number of aliphatic hydroxyl groups excluding tert-OH is 1. The zero-order valence-electron chi connectivity index (χ0n) is 23.3. The van der Waals surface area contributed by atoms with Crippen LogP contribution in [-0.4, -0.2) is 98.9 Å². The number of hydrogen-bond donors (Lipinski definition) is 1. The van der Waals surface area contributed by atoms with Crippen molar-refractivity contribution in [3.05, 3.63) is 65.2 Å². The van der Waals surface area contributed by atoms with Crippen LogP contribution in [0.25, 0.3) is 5.76 Å². The lowest BCUT2D eigenvalue weighted by molar-refractivity contribution is -0.140. The summed E-state index contributed by atoms with van der Waals surface area (Å²) in [4.78, 5) is 30.6. The molecule has 3 saturated heterocycles. The van der Waals surface area contributed by atoms with Crippen LogP contribution >= 0.6 is 0 Å². The zero-order valence-corrected chi connectivity index (χ0v) is 24.1. The summed E-state index contributed by atoms with van der Waals surface area (Å²) in [5.74, 6) is -1.25. The number of carbonyl (C=O) groups excluding carboxylic acids is 2. The number of ether oxygens (including phenoxy) is 2. The fraction of sp³-hybridized carbons (Fsp3) is 0.467. The van der Waals surface area contributed by atoms with Crippen LogP contribution in [0.5, 0.6) is 5.75 Å². The number of nitrogens with zero attached hydrogens (tertiary/aromatic N) is 3. The lowest BCUT2D eigenvalue weighted by atomic mass is 9.95. The van der Waals surface area contributed by atoms with Gasteiger partial charge in [-0.05, 0) is 49.1 Å². The van der Waals surface area contributed by atoms with E-state index in [2.05, 4.69) is 4.90 Å². The van der Waals surface area contributed by atoms with Crippen LogP contribution in [-0.2, 0) is 24.3 Å². The second-order valence-corrected chi connectivity index (χ2v) is 12.5. The Morgan fingerprint density at radius 1 is 0.976 bits per heavy atom. The van der Waals surface area contributed by atoms with Crippen molar-refractivity contribution in [1.29, 1.82) is 0 Å². The van der Waals surface area contributed by atoms with E-state index in [1.54, 1.807) is 43.5 Å². The highest BCUT2D eigenvalue weighted by Gasteiger charge is 2.46. The van der Waals surface area contributed by atoms with Gasteiger partial charge in [0.25, 0.3) is 11.7 Å². The number of amides is 1. The third-order valence-electron chi connectivity index (χ3n) is 8.01. The molecule has 220 valence electrons. The van der Waals surface area contributed by atoms with Crippen LogP contribution in [0.4, 0.5) is 0 Å². The van der Waals surface area contributed by atoms with Crippen LogP contribution in [0.1, 0.15) is 42.9 Å². The Morgan fingerprint density at radius 2 is 1.68 bits per heavy atom. The molecule has 0 saturated carbocycles. The minimum Gasteiger partial charge on any atom is -0.507 e. The first-order chi connectivity index (χ1) is 19.8. The molecule has 0 spiro atoms. The number of piperidine rings is 1. The summed E-state index contributed by atoms with van der Waals surface area (Å²) in [5.41, 5.74) is 0.766. The summed E-state index contributed by atoms with van der Waals surface area (Å²) in [6.07, 6.45) is 3.24. The van der Waals surface area contributed by atoms with E-state index < -0.39 is 33.5 Å². The summed E-state index contributed by atoms with van der Waals surface area (Å²) in [5, 5.41) is 11.5. The molecule has 0 aliphatic carbocycles. The van der Waals surface area contributed by atoms with Gasteiger partial charge in [0.2, 0.25) is 10.0 Å². The van der Waals surface area contributed by atoms with Crippen molar-refractivity contribution in [3.63, 3.8) is 0 Å². The fourth-order valence-corrected chi connectivity index (χ4v) is 7.31. The van der Waals surface area contributed by atoms with Gasteiger partial charge in [0.1, 0.15) is 11.5 Å². The fourth-order valence-electron chi connectivity index (χ4n) is 5.75. The number of hydrogen-bond acceptors (Lipinski definition) is 8. The van der Waals surface area contributed by atoms with Gasteiger partial charge in [-0.1, -0.05) is 30.7 Å². The molecule has 11 heteroatoms. The van der Waals surface area contributed by atoms with Crippen LogP contribution in [0.2, 0.25) is 0 Å². The van der Waals surface area contributed by atoms with Crippen molar-refractivity contribution in [1.82, 2.24) is 14.1 Å². The van der Waals surface area contributed by atoms with Gasteiger partial charge in [0.05, 0.1) is 36.8 Å². The van der Waals surface area contributed by atoms with Gasteiger partial charge >= 0.3 is 0 Å². The molecule has 0 radical (unpaired) electrons. The number of methoxy groups -OCH3 is 1. The molecule has 1 atom stereocenters. The number of Topliss-reactive ketones (excluding diaryl/α,β-unsaturated/α-hetero) is 1. The minimum atomic E-state index is -3.76. The van der Waals surface area contributed by atoms with Crippen molar-refractivity contribution in [2.75, 3.05) is 59.6 Å². The number of benzene rings is 2. The summed E-state index contributed by atoms with van der Waals surface area (Å²) in [6.45, 7) is 4.94. The molecular formula is C30H37N3O7S. The van der Waals surface area contributed by atoms with E-state index in [1.807, 2.05) is 0 Å². The molecular weight excluding hydrogens is 546 g/mol. The topological polar surface area (TPSA) is 117 Å². The normalized spacial score (nSPS) is 22.3.